The fraction of sp³-hybridized carbons (Fsp3) is 0.200. The summed E-state index contributed by atoms with van der Waals surface area (Å²) in [6.07, 6.45) is 2.15. The number of benzene rings is 2. The number of nitrogens with one attached hydrogen (secondary N) is 1. The molecule has 6 heteroatoms. The van der Waals surface area contributed by atoms with Gasteiger partial charge in [0.25, 0.3) is 0 Å². The molecule has 6 nitrogen and oxygen atoms in total. The van der Waals surface area contributed by atoms with E-state index in [4.69, 9.17) is 14.6 Å². The molecule has 3 aromatic rings. The highest BCUT2D eigenvalue weighted by molar-refractivity contribution is 5.97. The van der Waals surface area contributed by atoms with E-state index in [0.717, 1.165) is 16.6 Å². The molecule has 0 spiro atoms. The van der Waals surface area contributed by atoms with Gasteiger partial charge in [-0.05, 0) is 30.2 Å². The zero-order valence-electron chi connectivity index (χ0n) is 14.6. The molecule has 2 aromatic carbocycles. The highest BCUT2D eigenvalue weighted by atomic mass is 16.5. The van der Waals surface area contributed by atoms with Gasteiger partial charge in [0.2, 0.25) is 0 Å². The molecule has 0 bridgehead atoms. The molecule has 0 atom stereocenters. The largest absolute Gasteiger partial charge is 0.493 e. The smallest absolute Gasteiger partial charge is 0.162 e. The lowest BCUT2D eigenvalue weighted by Crippen LogP contribution is -1.99. The first-order valence-electron chi connectivity index (χ1n) is 8.11. The van der Waals surface area contributed by atoms with Crippen LogP contribution in [0.2, 0.25) is 0 Å². The molecule has 0 saturated heterocycles. The van der Waals surface area contributed by atoms with Crippen molar-refractivity contribution < 1.29 is 14.6 Å². The predicted octanol–water partition coefficient (Wildman–Crippen LogP) is 3.40. The van der Waals surface area contributed by atoms with Gasteiger partial charge in [-0.3, -0.25) is 4.98 Å². The average Bonchev–Trinajstić information content (AvgIpc) is 2.68. The minimum Gasteiger partial charge on any atom is -0.493 e. The molecule has 2 N–H and O–H groups in total. The Morgan fingerprint density at radius 3 is 2.42 bits per heavy atom. The van der Waals surface area contributed by atoms with E-state index in [2.05, 4.69) is 16.4 Å². The van der Waals surface area contributed by atoms with Crippen LogP contribution in [-0.4, -0.2) is 30.9 Å². The lowest BCUT2D eigenvalue weighted by molar-refractivity contribution is 0.299. The molecule has 1 aromatic heterocycles. The van der Waals surface area contributed by atoms with Crippen LogP contribution < -0.4 is 14.8 Å². The third-order valence-corrected chi connectivity index (χ3v) is 4.12. The van der Waals surface area contributed by atoms with E-state index in [1.54, 1.807) is 20.3 Å². The predicted molar refractivity (Wildman–Crippen MR) is 100 cm³/mol. The quantitative estimate of drug-likeness (QED) is 0.709. The maximum Gasteiger partial charge on any atom is 0.162 e. The van der Waals surface area contributed by atoms with Gasteiger partial charge in [-0.2, -0.15) is 5.26 Å². The average molecular weight is 349 g/mol. The Balaban J connectivity index is 2.09. The molecular weight excluding hydrogens is 330 g/mol. The molecule has 0 aliphatic heterocycles. The van der Waals surface area contributed by atoms with Crippen molar-refractivity contribution in [1.82, 2.24) is 4.98 Å². The van der Waals surface area contributed by atoms with Gasteiger partial charge in [0.1, 0.15) is 6.07 Å². The SMILES string of the molecule is COc1cc2ncc(C#N)c(Nc3ccc(CCO)cc3)c2cc1OC. The maximum atomic E-state index is 9.48. The van der Waals surface area contributed by atoms with Crippen LogP contribution in [0, 0.1) is 11.3 Å². The van der Waals surface area contributed by atoms with Gasteiger partial charge in [-0.1, -0.05) is 12.1 Å². The molecule has 1 heterocycles. The highest BCUT2D eigenvalue weighted by Gasteiger charge is 2.14. The molecule has 0 radical (unpaired) electrons. The molecule has 0 saturated carbocycles. The van der Waals surface area contributed by atoms with Crippen molar-refractivity contribution in [3.8, 4) is 17.6 Å². The molecule has 132 valence electrons. The summed E-state index contributed by atoms with van der Waals surface area (Å²) in [5.74, 6) is 1.15. The number of nitriles is 1. The molecule has 3 rings (SSSR count). The van der Waals surface area contributed by atoms with E-state index in [1.165, 1.54) is 6.20 Å². The minimum atomic E-state index is 0.113. The first-order valence-corrected chi connectivity index (χ1v) is 8.11. The number of hydrogen-bond donors (Lipinski definition) is 2. The van der Waals surface area contributed by atoms with Crippen molar-refractivity contribution in [2.24, 2.45) is 0 Å². The number of aromatic nitrogens is 1. The van der Waals surface area contributed by atoms with Crippen molar-refractivity contribution in [3.63, 3.8) is 0 Å². The molecule has 0 fully saturated rings. The van der Waals surface area contributed by atoms with Gasteiger partial charge >= 0.3 is 0 Å². The number of ether oxygens (including phenoxy) is 2. The van der Waals surface area contributed by atoms with E-state index in [9.17, 15) is 5.26 Å². The van der Waals surface area contributed by atoms with Crippen LogP contribution in [0.15, 0.2) is 42.6 Å². The van der Waals surface area contributed by atoms with Crippen LogP contribution in [-0.2, 0) is 6.42 Å². The number of fused-ring (bicyclic) bond motifs is 1. The fourth-order valence-corrected chi connectivity index (χ4v) is 2.77. The number of nitrogens with zero attached hydrogens (tertiary/aromatic N) is 2. The summed E-state index contributed by atoms with van der Waals surface area (Å²) in [6.45, 7) is 0.113. The summed E-state index contributed by atoms with van der Waals surface area (Å²) in [7, 11) is 3.14. The van der Waals surface area contributed by atoms with Crippen LogP contribution >= 0.6 is 0 Å². The Labute approximate surface area is 151 Å². The Morgan fingerprint density at radius 1 is 1.12 bits per heavy atom. The fourth-order valence-electron chi connectivity index (χ4n) is 2.77. The zero-order chi connectivity index (χ0) is 18.5. The van der Waals surface area contributed by atoms with Crippen LogP contribution in [0.4, 0.5) is 11.4 Å². The number of aliphatic hydroxyl groups excluding tert-OH is 1. The van der Waals surface area contributed by atoms with Gasteiger partial charge in [-0.25, -0.2) is 0 Å². The minimum absolute atomic E-state index is 0.113. The van der Waals surface area contributed by atoms with Crippen LogP contribution in [0.5, 0.6) is 11.5 Å². The Morgan fingerprint density at radius 2 is 1.81 bits per heavy atom. The lowest BCUT2D eigenvalue weighted by atomic mass is 10.1. The third kappa shape index (κ3) is 3.39. The third-order valence-electron chi connectivity index (χ3n) is 4.12. The van der Waals surface area contributed by atoms with E-state index in [0.29, 0.717) is 34.7 Å². The first kappa shape index (κ1) is 17.5. The molecule has 0 unspecified atom stereocenters. The van der Waals surface area contributed by atoms with Crippen LogP contribution in [0.1, 0.15) is 11.1 Å². The van der Waals surface area contributed by atoms with Crippen LogP contribution in [0.3, 0.4) is 0 Å². The summed E-state index contributed by atoms with van der Waals surface area (Å²) >= 11 is 0. The van der Waals surface area contributed by atoms with Crippen LogP contribution in [0.25, 0.3) is 10.9 Å². The number of aliphatic hydroxyl groups is 1. The van der Waals surface area contributed by atoms with Crippen molar-refractivity contribution in [2.45, 2.75) is 6.42 Å². The zero-order valence-corrected chi connectivity index (χ0v) is 14.6. The highest BCUT2D eigenvalue weighted by Crippen LogP contribution is 2.36. The van der Waals surface area contributed by atoms with Crippen molar-refractivity contribution in [1.29, 1.82) is 5.26 Å². The van der Waals surface area contributed by atoms with Gasteiger partial charge < -0.3 is 19.9 Å². The van der Waals surface area contributed by atoms with E-state index < -0.39 is 0 Å². The van der Waals surface area contributed by atoms with Gasteiger partial charge in [0, 0.05) is 29.9 Å². The molecule has 0 aliphatic rings. The lowest BCUT2D eigenvalue weighted by Gasteiger charge is -2.14. The molecule has 0 aliphatic carbocycles. The molecule has 0 amide bonds. The van der Waals surface area contributed by atoms with E-state index in [1.807, 2.05) is 30.3 Å². The molecular formula is C20H19N3O3. The first-order chi connectivity index (χ1) is 12.7. The molecule has 26 heavy (non-hydrogen) atoms. The van der Waals surface area contributed by atoms with Crippen molar-refractivity contribution in [2.75, 3.05) is 26.1 Å². The normalized spacial score (nSPS) is 10.4. The summed E-state index contributed by atoms with van der Waals surface area (Å²) in [4.78, 5) is 4.35. The maximum absolute atomic E-state index is 9.48. The van der Waals surface area contributed by atoms with E-state index in [-0.39, 0.29) is 6.61 Å². The monoisotopic (exact) mass is 349 g/mol. The van der Waals surface area contributed by atoms with Crippen molar-refractivity contribution >= 4 is 22.3 Å². The standard InChI is InChI=1S/C20H19N3O3/c1-25-18-9-16-17(10-19(18)26-2)22-12-14(11-21)20(16)23-15-5-3-13(4-6-15)7-8-24/h3-6,9-10,12,24H,7-8H2,1-2H3,(H,22,23). The second kappa shape index (κ2) is 7.72. The summed E-state index contributed by atoms with van der Waals surface area (Å²) in [5, 5.41) is 22.6. The number of pyridine rings is 1. The van der Waals surface area contributed by atoms with E-state index >= 15 is 0 Å². The summed E-state index contributed by atoms with van der Waals surface area (Å²) in [5.41, 5.74) is 3.67. The van der Waals surface area contributed by atoms with Crippen molar-refractivity contribution in [3.05, 3.63) is 53.7 Å². The van der Waals surface area contributed by atoms with Gasteiger partial charge in [-0.15, -0.1) is 0 Å². The second-order valence-electron chi connectivity index (χ2n) is 5.68. The second-order valence-corrected chi connectivity index (χ2v) is 5.68. The Kier molecular flexibility index (Phi) is 5.20. The number of anilines is 2. The number of rotatable bonds is 6. The van der Waals surface area contributed by atoms with Gasteiger partial charge in [0.05, 0.1) is 31.0 Å². The Bertz CT molecular complexity index is 963. The number of methoxy groups -OCH3 is 2. The topological polar surface area (TPSA) is 87.4 Å². The van der Waals surface area contributed by atoms with Gasteiger partial charge in [0.15, 0.2) is 11.5 Å². The Hall–Kier alpha value is -3.30. The summed E-state index contributed by atoms with van der Waals surface area (Å²) in [6, 6.07) is 13.5. The number of hydrogen-bond acceptors (Lipinski definition) is 6. The summed E-state index contributed by atoms with van der Waals surface area (Å²) < 4.78 is 10.7.